The summed E-state index contributed by atoms with van der Waals surface area (Å²) in [5, 5.41) is 6.74. The lowest BCUT2D eigenvalue weighted by atomic mass is 9.96. The van der Waals surface area contributed by atoms with E-state index in [0.29, 0.717) is 17.8 Å². The van der Waals surface area contributed by atoms with Crippen molar-refractivity contribution in [1.82, 2.24) is 5.32 Å². The van der Waals surface area contributed by atoms with Gasteiger partial charge in [0.05, 0.1) is 5.69 Å². The zero-order chi connectivity index (χ0) is 29.7. The second kappa shape index (κ2) is 12.9. The highest BCUT2D eigenvalue weighted by molar-refractivity contribution is 6.54. The Bertz CT molecular complexity index is 1200. The maximum Gasteiger partial charge on any atom is 0.303 e. The summed E-state index contributed by atoms with van der Waals surface area (Å²) < 4.78 is 21.9. The van der Waals surface area contributed by atoms with Gasteiger partial charge in [-0.25, -0.2) is 0 Å². The number of esters is 3. The molecule has 0 radical (unpaired) electrons. The highest BCUT2D eigenvalue weighted by atomic mass is 16.8. The number of anilines is 1. The molecule has 218 valence electrons. The zero-order valence-electron chi connectivity index (χ0n) is 23.6. The second-order valence-electron chi connectivity index (χ2n) is 10.1. The van der Waals surface area contributed by atoms with Crippen molar-refractivity contribution >= 4 is 41.1 Å². The normalized spacial score (nSPS) is 24.9. The van der Waals surface area contributed by atoms with Crippen LogP contribution < -0.4 is 10.2 Å². The lowest BCUT2D eigenvalue weighted by molar-refractivity contribution is -0.278. The number of aryl methyl sites for hydroxylation is 1. The van der Waals surface area contributed by atoms with Gasteiger partial charge in [-0.05, 0) is 25.0 Å². The topological polar surface area (TPSA) is 159 Å². The molecule has 0 aromatic heterocycles. The standard InChI is InChI=1S/C27H35N3O10/c1-13(2)11-30-20-9-8-14(3)10-19(20)22(26(30)35)29-40-27-23(28-15(4)31)25(38-18(7)34)24(37-17(6)33)21(39-27)12-36-16(5)32/h8-10,13,21,23-25,27H,11-12H2,1-7H3,(H,28,31)/b29-22+/t21-,23+,24+,25-,27+/m0/s1. The van der Waals surface area contributed by atoms with E-state index in [9.17, 15) is 24.0 Å². The number of carbonyl (C=O) groups is 5. The van der Waals surface area contributed by atoms with Gasteiger partial charge in [0.25, 0.3) is 12.2 Å². The first kappa shape index (κ1) is 30.5. The number of rotatable bonds is 9. The summed E-state index contributed by atoms with van der Waals surface area (Å²) in [7, 11) is 0. The van der Waals surface area contributed by atoms with Gasteiger partial charge in [-0.1, -0.05) is 30.6 Å². The van der Waals surface area contributed by atoms with Crippen LogP contribution in [0.1, 0.15) is 52.7 Å². The van der Waals surface area contributed by atoms with Crippen LogP contribution in [0.15, 0.2) is 23.4 Å². The van der Waals surface area contributed by atoms with Crippen LogP contribution in [0.2, 0.25) is 0 Å². The minimum atomic E-state index is -1.44. The molecule has 0 spiro atoms. The number of nitrogens with zero attached hydrogens (tertiary/aromatic N) is 2. The van der Waals surface area contributed by atoms with Crippen LogP contribution >= 0.6 is 0 Å². The van der Waals surface area contributed by atoms with E-state index in [0.717, 1.165) is 19.4 Å². The van der Waals surface area contributed by atoms with Crippen molar-refractivity contribution in [2.75, 3.05) is 18.1 Å². The molecule has 2 amide bonds. The molecule has 5 atom stereocenters. The smallest absolute Gasteiger partial charge is 0.303 e. The van der Waals surface area contributed by atoms with Crippen molar-refractivity contribution in [3.05, 3.63) is 29.3 Å². The van der Waals surface area contributed by atoms with Gasteiger partial charge in [0, 0.05) is 39.8 Å². The van der Waals surface area contributed by atoms with Gasteiger partial charge >= 0.3 is 17.9 Å². The molecule has 40 heavy (non-hydrogen) atoms. The molecule has 2 aliphatic rings. The maximum absolute atomic E-state index is 13.4. The first-order valence-electron chi connectivity index (χ1n) is 12.9. The number of benzene rings is 1. The van der Waals surface area contributed by atoms with Gasteiger partial charge in [-0.15, -0.1) is 0 Å². The van der Waals surface area contributed by atoms with Crippen LogP contribution in [0.3, 0.4) is 0 Å². The average molecular weight is 562 g/mol. The molecule has 1 fully saturated rings. The number of carbonyl (C=O) groups excluding carboxylic acids is 5. The van der Waals surface area contributed by atoms with Crippen molar-refractivity contribution in [3.8, 4) is 0 Å². The van der Waals surface area contributed by atoms with Crippen LogP contribution in [-0.2, 0) is 47.8 Å². The van der Waals surface area contributed by atoms with Crippen molar-refractivity contribution < 1.29 is 47.8 Å². The average Bonchev–Trinajstić information content (AvgIpc) is 3.08. The predicted molar refractivity (Wildman–Crippen MR) is 140 cm³/mol. The van der Waals surface area contributed by atoms with Crippen LogP contribution in [0.4, 0.5) is 5.69 Å². The van der Waals surface area contributed by atoms with E-state index in [1.807, 2.05) is 39.0 Å². The summed E-state index contributed by atoms with van der Waals surface area (Å²) >= 11 is 0. The maximum atomic E-state index is 13.4. The van der Waals surface area contributed by atoms with Crippen molar-refractivity contribution in [3.63, 3.8) is 0 Å². The largest absolute Gasteiger partial charge is 0.463 e. The van der Waals surface area contributed by atoms with Crippen molar-refractivity contribution in [2.24, 2.45) is 11.1 Å². The van der Waals surface area contributed by atoms with E-state index in [4.69, 9.17) is 23.8 Å². The summed E-state index contributed by atoms with van der Waals surface area (Å²) in [6.07, 6.45) is -5.19. The molecule has 13 nitrogen and oxygen atoms in total. The fourth-order valence-corrected chi connectivity index (χ4v) is 4.55. The summed E-state index contributed by atoms with van der Waals surface area (Å²) in [6, 6.07) is 4.31. The number of ether oxygens (including phenoxy) is 4. The molecule has 0 bridgehead atoms. The number of amides is 2. The van der Waals surface area contributed by atoms with Gasteiger partial charge in [0.1, 0.15) is 18.8 Å². The Morgan fingerprint density at radius 2 is 1.68 bits per heavy atom. The third kappa shape index (κ3) is 7.34. The van der Waals surface area contributed by atoms with E-state index in [1.54, 1.807) is 4.90 Å². The Morgan fingerprint density at radius 3 is 2.25 bits per heavy atom. The van der Waals surface area contributed by atoms with E-state index in [-0.39, 0.29) is 17.5 Å². The molecular weight excluding hydrogens is 526 g/mol. The SMILES string of the molecule is CC(=O)N[C@H]1[C@@H](O/N=C2/C(=O)N(CC(C)C)c3ccc(C)cc32)O[C@@H](COC(C)=O)[C@@H](OC(C)=O)[C@H]1OC(C)=O. The summed E-state index contributed by atoms with van der Waals surface area (Å²) in [6.45, 7) is 10.6. The van der Waals surface area contributed by atoms with Gasteiger partial charge in [0.15, 0.2) is 17.9 Å². The van der Waals surface area contributed by atoms with Gasteiger partial charge in [-0.3, -0.25) is 24.0 Å². The number of hydrogen-bond donors (Lipinski definition) is 1. The van der Waals surface area contributed by atoms with Gasteiger partial charge < -0.3 is 34.0 Å². The minimum absolute atomic E-state index is 0.0206. The molecule has 1 aromatic carbocycles. The van der Waals surface area contributed by atoms with E-state index < -0.39 is 61.1 Å². The Morgan fingerprint density at radius 1 is 1.02 bits per heavy atom. The third-order valence-electron chi connectivity index (χ3n) is 6.01. The molecule has 1 saturated heterocycles. The highest BCUT2D eigenvalue weighted by Crippen LogP contribution is 2.32. The molecule has 3 rings (SSSR count). The highest BCUT2D eigenvalue weighted by Gasteiger charge is 2.52. The Kier molecular flexibility index (Phi) is 9.85. The van der Waals surface area contributed by atoms with Crippen LogP contribution in [0, 0.1) is 12.8 Å². The molecule has 2 aliphatic heterocycles. The van der Waals surface area contributed by atoms with Crippen molar-refractivity contribution in [1.29, 1.82) is 0 Å². The van der Waals surface area contributed by atoms with Gasteiger partial charge in [0.2, 0.25) is 5.91 Å². The molecule has 0 aliphatic carbocycles. The Labute approximate surface area is 232 Å². The van der Waals surface area contributed by atoms with E-state index in [2.05, 4.69) is 10.5 Å². The lowest BCUT2D eigenvalue weighted by Crippen LogP contribution is -2.66. The quantitative estimate of drug-likeness (QED) is 0.265. The molecule has 0 saturated carbocycles. The zero-order valence-corrected chi connectivity index (χ0v) is 23.6. The monoisotopic (exact) mass is 561 g/mol. The molecule has 13 heteroatoms. The lowest BCUT2D eigenvalue weighted by Gasteiger charge is -2.43. The third-order valence-corrected chi connectivity index (χ3v) is 6.01. The minimum Gasteiger partial charge on any atom is -0.463 e. The van der Waals surface area contributed by atoms with Crippen LogP contribution in [0.25, 0.3) is 0 Å². The molecular formula is C27H35N3O10. The predicted octanol–water partition coefficient (Wildman–Crippen LogP) is 1.37. The summed E-state index contributed by atoms with van der Waals surface area (Å²) in [5.41, 5.74) is 2.15. The first-order valence-corrected chi connectivity index (χ1v) is 12.9. The van der Waals surface area contributed by atoms with E-state index >= 15 is 0 Å². The number of hydrogen-bond acceptors (Lipinski definition) is 11. The second-order valence-corrected chi connectivity index (χ2v) is 10.1. The number of fused-ring (bicyclic) bond motifs is 1. The fourth-order valence-electron chi connectivity index (χ4n) is 4.55. The Balaban J connectivity index is 2.03. The number of oxime groups is 1. The summed E-state index contributed by atoms with van der Waals surface area (Å²) in [4.78, 5) is 68.3. The van der Waals surface area contributed by atoms with Crippen LogP contribution in [0.5, 0.6) is 0 Å². The molecule has 0 unspecified atom stereocenters. The Hall–Kier alpha value is -4.00. The van der Waals surface area contributed by atoms with E-state index in [1.165, 1.54) is 13.8 Å². The molecule has 1 N–H and O–H groups in total. The molecule has 2 heterocycles. The first-order chi connectivity index (χ1) is 18.8. The van der Waals surface area contributed by atoms with Gasteiger partial charge in [-0.2, -0.15) is 0 Å². The summed E-state index contributed by atoms with van der Waals surface area (Å²) in [5.74, 6) is -2.84. The molecule has 1 aromatic rings. The number of nitrogens with one attached hydrogen (secondary N) is 1. The van der Waals surface area contributed by atoms with Crippen LogP contribution in [-0.4, -0.2) is 79.2 Å². The fraction of sp³-hybridized carbons (Fsp3) is 0.556. The van der Waals surface area contributed by atoms with Crippen molar-refractivity contribution in [2.45, 2.75) is 79.1 Å².